The van der Waals surface area contributed by atoms with Crippen LogP contribution in [0.3, 0.4) is 0 Å². The zero-order valence-electron chi connectivity index (χ0n) is 11.4. The summed E-state index contributed by atoms with van der Waals surface area (Å²) in [4.78, 5) is 12.0. The van der Waals surface area contributed by atoms with Gasteiger partial charge in [0, 0.05) is 17.5 Å². The largest absolute Gasteiger partial charge is 0.462 e. The van der Waals surface area contributed by atoms with Crippen LogP contribution in [0.4, 0.5) is 11.4 Å². The number of carbonyl (C=O) groups excluding carboxylic acids is 1. The summed E-state index contributed by atoms with van der Waals surface area (Å²) in [7, 11) is 0. The predicted molar refractivity (Wildman–Crippen MR) is 85.8 cm³/mol. The molecule has 0 aliphatic carbocycles. The van der Waals surface area contributed by atoms with Gasteiger partial charge in [0.05, 0.1) is 22.9 Å². The third-order valence-corrected chi connectivity index (χ3v) is 4.83. The number of esters is 1. The molecule has 1 fully saturated rings. The number of benzene rings is 1. The number of nitrogens with two attached hydrogens (primary N) is 1. The summed E-state index contributed by atoms with van der Waals surface area (Å²) in [6.07, 6.45) is 2.44. The molecule has 0 amide bonds. The maximum Gasteiger partial charge on any atom is 0.340 e. The Kier molecular flexibility index (Phi) is 5.43. The molecule has 1 aromatic carbocycles. The molecule has 0 spiro atoms. The SMILES string of the molecule is CCOC(=O)c1cc(N)cc(Cl)c1NCC1CCCS1. The number of halogens is 1. The number of thioether (sulfide) groups is 1. The van der Waals surface area contributed by atoms with Crippen molar-refractivity contribution >= 4 is 40.7 Å². The van der Waals surface area contributed by atoms with Crippen molar-refractivity contribution in [1.29, 1.82) is 0 Å². The second-order valence-electron chi connectivity index (χ2n) is 4.66. The van der Waals surface area contributed by atoms with Crippen molar-refractivity contribution in [2.45, 2.75) is 25.0 Å². The van der Waals surface area contributed by atoms with Crippen molar-refractivity contribution in [3.63, 3.8) is 0 Å². The van der Waals surface area contributed by atoms with Gasteiger partial charge in [0.2, 0.25) is 0 Å². The van der Waals surface area contributed by atoms with Crippen LogP contribution in [0, 0.1) is 0 Å². The van der Waals surface area contributed by atoms with E-state index in [0.29, 0.717) is 33.8 Å². The summed E-state index contributed by atoms with van der Waals surface area (Å²) in [6, 6.07) is 3.25. The van der Waals surface area contributed by atoms with Gasteiger partial charge in [-0.1, -0.05) is 11.6 Å². The van der Waals surface area contributed by atoms with Crippen LogP contribution in [-0.4, -0.2) is 30.1 Å². The van der Waals surface area contributed by atoms with E-state index in [-0.39, 0.29) is 0 Å². The lowest BCUT2D eigenvalue weighted by Crippen LogP contribution is -2.17. The third-order valence-electron chi connectivity index (χ3n) is 3.14. The molecule has 1 aliphatic rings. The highest BCUT2D eigenvalue weighted by atomic mass is 35.5. The van der Waals surface area contributed by atoms with Gasteiger partial charge >= 0.3 is 5.97 Å². The summed E-state index contributed by atoms with van der Waals surface area (Å²) in [5, 5.41) is 4.30. The minimum absolute atomic E-state index is 0.323. The van der Waals surface area contributed by atoms with Gasteiger partial charge in [-0.15, -0.1) is 0 Å². The number of nitrogens with one attached hydrogen (secondary N) is 1. The van der Waals surface area contributed by atoms with Gasteiger partial charge in [0.15, 0.2) is 0 Å². The minimum atomic E-state index is -0.400. The fourth-order valence-electron chi connectivity index (χ4n) is 2.20. The van der Waals surface area contributed by atoms with Crippen LogP contribution in [0.1, 0.15) is 30.1 Å². The van der Waals surface area contributed by atoms with Gasteiger partial charge in [0.25, 0.3) is 0 Å². The van der Waals surface area contributed by atoms with E-state index >= 15 is 0 Å². The molecule has 1 unspecified atom stereocenters. The number of anilines is 2. The molecule has 1 aromatic rings. The third kappa shape index (κ3) is 3.73. The Morgan fingerprint density at radius 2 is 2.40 bits per heavy atom. The van der Waals surface area contributed by atoms with Crippen LogP contribution < -0.4 is 11.1 Å². The number of hydrogen-bond donors (Lipinski definition) is 2. The molecule has 20 heavy (non-hydrogen) atoms. The molecule has 6 heteroatoms. The Labute approximate surface area is 128 Å². The van der Waals surface area contributed by atoms with Crippen molar-refractivity contribution in [2.24, 2.45) is 0 Å². The van der Waals surface area contributed by atoms with Gasteiger partial charge in [0.1, 0.15) is 0 Å². The molecule has 0 saturated carbocycles. The molecular weight excluding hydrogens is 296 g/mol. The molecule has 1 saturated heterocycles. The topological polar surface area (TPSA) is 64.3 Å². The maximum absolute atomic E-state index is 12.0. The first-order valence-corrected chi connectivity index (χ1v) is 8.16. The maximum atomic E-state index is 12.0. The van der Waals surface area contributed by atoms with Crippen molar-refractivity contribution in [1.82, 2.24) is 0 Å². The molecular formula is C14H19ClN2O2S. The highest BCUT2D eigenvalue weighted by molar-refractivity contribution is 8.00. The quantitative estimate of drug-likeness (QED) is 0.644. The number of nitrogen functional groups attached to an aromatic ring is 1. The van der Waals surface area contributed by atoms with Crippen molar-refractivity contribution in [3.8, 4) is 0 Å². The summed E-state index contributed by atoms with van der Waals surface area (Å²) < 4.78 is 5.05. The first-order valence-electron chi connectivity index (χ1n) is 6.73. The molecule has 0 bridgehead atoms. The van der Waals surface area contributed by atoms with Crippen LogP contribution >= 0.6 is 23.4 Å². The molecule has 1 aliphatic heterocycles. The lowest BCUT2D eigenvalue weighted by Gasteiger charge is -2.16. The molecule has 0 radical (unpaired) electrons. The van der Waals surface area contributed by atoms with E-state index < -0.39 is 5.97 Å². The average molecular weight is 315 g/mol. The molecule has 110 valence electrons. The van der Waals surface area contributed by atoms with E-state index in [4.69, 9.17) is 22.1 Å². The highest BCUT2D eigenvalue weighted by Crippen LogP contribution is 2.32. The van der Waals surface area contributed by atoms with E-state index in [2.05, 4.69) is 5.32 Å². The second kappa shape index (κ2) is 7.09. The molecule has 4 nitrogen and oxygen atoms in total. The van der Waals surface area contributed by atoms with Gasteiger partial charge in [-0.2, -0.15) is 11.8 Å². The summed E-state index contributed by atoms with van der Waals surface area (Å²) in [5.41, 5.74) is 7.23. The van der Waals surface area contributed by atoms with E-state index in [1.165, 1.54) is 18.6 Å². The van der Waals surface area contributed by atoms with Crippen molar-refractivity contribution < 1.29 is 9.53 Å². The fourth-order valence-corrected chi connectivity index (χ4v) is 3.69. The number of carbonyl (C=O) groups is 1. The predicted octanol–water partition coefficient (Wildman–Crippen LogP) is 3.41. The number of ether oxygens (including phenoxy) is 1. The van der Waals surface area contributed by atoms with E-state index in [1.54, 1.807) is 19.1 Å². The van der Waals surface area contributed by atoms with E-state index in [1.807, 2.05) is 11.8 Å². The normalized spacial score (nSPS) is 18.0. The Balaban J connectivity index is 2.17. The van der Waals surface area contributed by atoms with Gasteiger partial charge in [-0.3, -0.25) is 0 Å². The number of rotatable bonds is 5. The van der Waals surface area contributed by atoms with Crippen LogP contribution in [0.15, 0.2) is 12.1 Å². The zero-order valence-corrected chi connectivity index (χ0v) is 13.0. The number of hydrogen-bond acceptors (Lipinski definition) is 5. The Hall–Kier alpha value is -1.07. The Bertz CT molecular complexity index is 490. The molecule has 0 aromatic heterocycles. The molecule has 3 N–H and O–H groups in total. The Morgan fingerprint density at radius 3 is 3.05 bits per heavy atom. The minimum Gasteiger partial charge on any atom is -0.462 e. The standard InChI is InChI=1S/C14H19ClN2O2S/c1-2-19-14(18)11-6-9(16)7-12(15)13(11)17-8-10-4-3-5-20-10/h6-7,10,17H,2-5,8,16H2,1H3. The van der Waals surface area contributed by atoms with Crippen molar-refractivity contribution in [3.05, 3.63) is 22.7 Å². The monoisotopic (exact) mass is 314 g/mol. The molecule has 2 rings (SSSR count). The van der Waals surface area contributed by atoms with Crippen LogP contribution in [0.2, 0.25) is 5.02 Å². The second-order valence-corrected chi connectivity index (χ2v) is 6.48. The van der Waals surface area contributed by atoms with Gasteiger partial charge < -0.3 is 15.8 Å². The van der Waals surface area contributed by atoms with Crippen LogP contribution in [-0.2, 0) is 4.74 Å². The van der Waals surface area contributed by atoms with Gasteiger partial charge in [-0.25, -0.2) is 4.79 Å². The van der Waals surface area contributed by atoms with Crippen LogP contribution in [0.5, 0.6) is 0 Å². The first kappa shape index (κ1) is 15.3. The zero-order chi connectivity index (χ0) is 14.5. The molecule has 1 heterocycles. The smallest absolute Gasteiger partial charge is 0.340 e. The highest BCUT2D eigenvalue weighted by Gasteiger charge is 2.20. The lowest BCUT2D eigenvalue weighted by molar-refractivity contribution is 0.0527. The lowest BCUT2D eigenvalue weighted by atomic mass is 10.1. The van der Waals surface area contributed by atoms with E-state index in [9.17, 15) is 4.79 Å². The van der Waals surface area contributed by atoms with Crippen LogP contribution in [0.25, 0.3) is 0 Å². The van der Waals surface area contributed by atoms with E-state index in [0.717, 1.165) is 6.54 Å². The van der Waals surface area contributed by atoms with Gasteiger partial charge in [-0.05, 0) is 37.7 Å². The Morgan fingerprint density at radius 1 is 1.60 bits per heavy atom. The fraction of sp³-hybridized carbons (Fsp3) is 0.500. The summed E-state index contributed by atoms with van der Waals surface area (Å²) in [5.74, 6) is 0.801. The average Bonchev–Trinajstić information content (AvgIpc) is 2.90. The molecule has 1 atom stereocenters. The summed E-state index contributed by atoms with van der Waals surface area (Å²) >= 11 is 8.16. The first-order chi connectivity index (χ1) is 9.61. The van der Waals surface area contributed by atoms with Crippen molar-refractivity contribution in [2.75, 3.05) is 30.0 Å². The summed E-state index contributed by atoms with van der Waals surface area (Å²) in [6.45, 7) is 2.89.